The monoisotopic (exact) mass is 364 g/mol. The zero-order chi connectivity index (χ0) is 18.3. The first-order valence-electron chi connectivity index (χ1n) is 8.19. The summed E-state index contributed by atoms with van der Waals surface area (Å²) in [6, 6.07) is 14.9. The summed E-state index contributed by atoms with van der Waals surface area (Å²) in [5.41, 5.74) is 2.58. The predicted molar refractivity (Wildman–Crippen MR) is 101 cm³/mol. The highest BCUT2D eigenvalue weighted by Crippen LogP contribution is 2.41. The Morgan fingerprint density at radius 2 is 1.81 bits per heavy atom. The van der Waals surface area contributed by atoms with Crippen LogP contribution in [0.2, 0.25) is 0 Å². The van der Waals surface area contributed by atoms with Gasteiger partial charge in [0, 0.05) is 29.4 Å². The van der Waals surface area contributed by atoms with Gasteiger partial charge in [0.05, 0.1) is 17.3 Å². The molecule has 0 atom stereocenters. The van der Waals surface area contributed by atoms with Crippen LogP contribution in [0.5, 0.6) is 0 Å². The second-order valence-electron chi connectivity index (χ2n) is 6.28. The molecule has 1 aliphatic rings. The highest BCUT2D eigenvalue weighted by molar-refractivity contribution is 7.90. The fraction of sp³-hybridized carbons (Fsp3) is 0.158. The molecule has 6 nitrogen and oxygen atoms in total. The lowest BCUT2D eigenvalue weighted by Crippen LogP contribution is -2.38. The zero-order valence-electron chi connectivity index (χ0n) is 13.8. The maximum absolute atomic E-state index is 12.2. The molecule has 7 heteroatoms. The van der Waals surface area contributed by atoms with E-state index in [4.69, 9.17) is 5.14 Å². The van der Waals surface area contributed by atoms with Gasteiger partial charge in [-0.05, 0) is 35.9 Å². The summed E-state index contributed by atoms with van der Waals surface area (Å²) >= 11 is 0. The van der Waals surface area contributed by atoms with Gasteiger partial charge in [-0.3, -0.25) is 9.29 Å². The number of benzene rings is 2. The summed E-state index contributed by atoms with van der Waals surface area (Å²) in [5, 5.41) is 16.5. The molecule has 0 aliphatic heterocycles. The van der Waals surface area contributed by atoms with Crippen molar-refractivity contribution in [1.29, 1.82) is 5.26 Å². The molecular weight excluding hydrogens is 348 g/mol. The van der Waals surface area contributed by atoms with Gasteiger partial charge in [0.15, 0.2) is 0 Å². The molecule has 0 bridgehead atoms. The summed E-state index contributed by atoms with van der Waals surface area (Å²) < 4.78 is 25.7. The largest absolute Gasteiger partial charge is 0.299 e. The van der Waals surface area contributed by atoms with E-state index in [1.54, 1.807) is 24.5 Å². The third-order valence-corrected chi connectivity index (χ3v) is 5.57. The number of aromatic nitrogens is 1. The van der Waals surface area contributed by atoms with E-state index >= 15 is 0 Å². The standard InChI is InChI=1S/C19H16N4O2S/c20-11-13-5-8-17(16-4-2-1-3-15(13)16)18-12-22-10-9-19(18)23(14-6-7-14)26(21,24)25/h1-5,8-10,12,14H,6-7H2,(H2,21,24,25). The minimum Gasteiger partial charge on any atom is -0.264 e. The number of nitrogens with zero attached hydrogens (tertiary/aromatic N) is 3. The summed E-state index contributed by atoms with van der Waals surface area (Å²) in [6.45, 7) is 0. The van der Waals surface area contributed by atoms with Crippen LogP contribution in [-0.2, 0) is 10.2 Å². The minimum absolute atomic E-state index is 0.115. The molecule has 1 heterocycles. The van der Waals surface area contributed by atoms with Crippen LogP contribution in [-0.4, -0.2) is 19.4 Å². The normalized spacial score (nSPS) is 14.2. The van der Waals surface area contributed by atoms with Gasteiger partial charge >= 0.3 is 0 Å². The highest BCUT2D eigenvalue weighted by atomic mass is 32.2. The number of fused-ring (bicyclic) bond motifs is 1. The molecule has 0 radical (unpaired) electrons. The first kappa shape index (κ1) is 16.5. The summed E-state index contributed by atoms with van der Waals surface area (Å²) in [7, 11) is -3.90. The molecule has 1 aromatic heterocycles. The second-order valence-corrected chi connectivity index (χ2v) is 7.71. The Morgan fingerprint density at radius 1 is 1.08 bits per heavy atom. The van der Waals surface area contributed by atoms with Crippen molar-refractivity contribution < 1.29 is 8.42 Å². The SMILES string of the molecule is N#Cc1ccc(-c2cnccc2N(C2CC2)S(N)(=O)=O)c2ccccc12. The van der Waals surface area contributed by atoms with Crippen LogP contribution in [0.25, 0.3) is 21.9 Å². The molecule has 1 aliphatic carbocycles. The average molecular weight is 364 g/mol. The zero-order valence-corrected chi connectivity index (χ0v) is 14.6. The predicted octanol–water partition coefficient (Wildman–Crippen LogP) is 2.95. The Balaban J connectivity index is 1.99. The lowest BCUT2D eigenvalue weighted by atomic mass is 9.95. The van der Waals surface area contributed by atoms with E-state index in [2.05, 4.69) is 11.1 Å². The molecule has 1 fully saturated rings. The van der Waals surface area contributed by atoms with E-state index in [0.717, 1.165) is 29.2 Å². The quantitative estimate of drug-likeness (QED) is 0.769. The van der Waals surface area contributed by atoms with Gasteiger partial charge in [-0.25, -0.2) is 5.14 Å². The van der Waals surface area contributed by atoms with Crippen molar-refractivity contribution in [2.24, 2.45) is 5.14 Å². The maximum Gasteiger partial charge on any atom is 0.299 e. The van der Waals surface area contributed by atoms with Gasteiger partial charge in [-0.2, -0.15) is 13.7 Å². The summed E-state index contributed by atoms with van der Waals surface area (Å²) in [4.78, 5) is 4.19. The first-order valence-corrected chi connectivity index (χ1v) is 9.69. The number of nitriles is 1. The van der Waals surface area contributed by atoms with Crippen molar-refractivity contribution in [2.75, 3.05) is 4.31 Å². The number of pyridine rings is 1. The molecule has 2 aromatic carbocycles. The summed E-state index contributed by atoms with van der Waals surface area (Å²) in [6.07, 6.45) is 4.77. The average Bonchev–Trinajstić information content (AvgIpc) is 3.45. The van der Waals surface area contributed by atoms with Crippen LogP contribution in [0, 0.1) is 11.3 Å². The molecule has 1 saturated carbocycles. The van der Waals surface area contributed by atoms with E-state index in [1.807, 2.05) is 30.3 Å². The lowest BCUT2D eigenvalue weighted by molar-refractivity contribution is 0.592. The Morgan fingerprint density at radius 3 is 2.46 bits per heavy atom. The number of nitrogens with two attached hydrogens (primary N) is 1. The van der Waals surface area contributed by atoms with E-state index in [-0.39, 0.29) is 6.04 Å². The molecule has 130 valence electrons. The smallest absolute Gasteiger partial charge is 0.264 e. The number of hydrogen-bond donors (Lipinski definition) is 1. The van der Waals surface area contributed by atoms with Crippen molar-refractivity contribution in [2.45, 2.75) is 18.9 Å². The van der Waals surface area contributed by atoms with Gasteiger partial charge in [0.2, 0.25) is 0 Å². The van der Waals surface area contributed by atoms with Gasteiger partial charge < -0.3 is 0 Å². The van der Waals surface area contributed by atoms with Crippen molar-refractivity contribution in [3.8, 4) is 17.2 Å². The molecule has 2 N–H and O–H groups in total. The number of anilines is 1. The number of hydrogen-bond acceptors (Lipinski definition) is 4. The number of rotatable bonds is 4. The Bertz CT molecular complexity index is 1150. The van der Waals surface area contributed by atoms with Crippen LogP contribution in [0.3, 0.4) is 0 Å². The Labute approximate surface area is 151 Å². The van der Waals surface area contributed by atoms with Crippen LogP contribution >= 0.6 is 0 Å². The Kier molecular flexibility index (Phi) is 3.87. The van der Waals surface area contributed by atoms with Crippen LogP contribution in [0.1, 0.15) is 18.4 Å². The van der Waals surface area contributed by atoms with Crippen LogP contribution < -0.4 is 9.44 Å². The van der Waals surface area contributed by atoms with Crippen molar-refractivity contribution in [3.05, 3.63) is 60.4 Å². The third kappa shape index (κ3) is 2.79. The summed E-state index contributed by atoms with van der Waals surface area (Å²) in [5.74, 6) is 0. The van der Waals surface area contributed by atoms with E-state index in [0.29, 0.717) is 16.8 Å². The topological polar surface area (TPSA) is 100 Å². The highest BCUT2D eigenvalue weighted by Gasteiger charge is 2.37. The van der Waals surface area contributed by atoms with Gasteiger partial charge in [0.25, 0.3) is 10.2 Å². The first-order chi connectivity index (χ1) is 12.5. The van der Waals surface area contributed by atoms with E-state index < -0.39 is 10.2 Å². The van der Waals surface area contributed by atoms with Crippen molar-refractivity contribution >= 4 is 26.7 Å². The van der Waals surface area contributed by atoms with Gasteiger partial charge in [0.1, 0.15) is 0 Å². The fourth-order valence-electron chi connectivity index (χ4n) is 3.27. The molecule has 4 rings (SSSR count). The van der Waals surface area contributed by atoms with Crippen LogP contribution in [0.15, 0.2) is 54.9 Å². The second kappa shape index (κ2) is 6.09. The van der Waals surface area contributed by atoms with Crippen molar-refractivity contribution in [1.82, 2.24) is 4.98 Å². The molecule has 3 aromatic rings. The van der Waals surface area contributed by atoms with Crippen LogP contribution in [0.4, 0.5) is 5.69 Å². The Hall–Kier alpha value is -2.95. The lowest BCUT2D eigenvalue weighted by Gasteiger charge is -2.24. The minimum atomic E-state index is -3.90. The molecule has 0 amide bonds. The van der Waals surface area contributed by atoms with Crippen molar-refractivity contribution in [3.63, 3.8) is 0 Å². The molecule has 0 spiro atoms. The fourth-order valence-corrected chi connectivity index (χ4v) is 4.33. The maximum atomic E-state index is 12.2. The third-order valence-electron chi connectivity index (χ3n) is 4.52. The van der Waals surface area contributed by atoms with E-state index in [9.17, 15) is 13.7 Å². The molecule has 26 heavy (non-hydrogen) atoms. The molecular formula is C19H16N4O2S. The molecule has 0 unspecified atom stereocenters. The van der Waals surface area contributed by atoms with Gasteiger partial charge in [-0.15, -0.1) is 0 Å². The van der Waals surface area contributed by atoms with Gasteiger partial charge in [-0.1, -0.05) is 30.3 Å². The van der Waals surface area contributed by atoms with E-state index in [1.165, 1.54) is 4.31 Å². The molecule has 0 saturated heterocycles.